The Morgan fingerprint density at radius 1 is 1.33 bits per heavy atom. The minimum Gasteiger partial charge on any atom is -0.367 e. The number of rotatable bonds is 4. The lowest BCUT2D eigenvalue weighted by molar-refractivity contribution is 0.0996. The van der Waals surface area contributed by atoms with E-state index in [2.05, 4.69) is 11.1 Å². The van der Waals surface area contributed by atoms with Gasteiger partial charge in [-0.2, -0.15) is 5.26 Å². The number of aromatic amines is 1. The molecule has 4 nitrogen and oxygen atoms in total. The van der Waals surface area contributed by atoms with Crippen molar-refractivity contribution in [3.8, 4) is 6.07 Å². The number of benzene rings is 1. The molecule has 0 saturated heterocycles. The molecule has 2 rings (SSSR count). The van der Waals surface area contributed by atoms with Crippen LogP contribution in [0.25, 0.3) is 0 Å². The molecule has 4 heteroatoms. The van der Waals surface area contributed by atoms with Gasteiger partial charge in [-0.15, -0.1) is 0 Å². The molecule has 0 fully saturated rings. The van der Waals surface area contributed by atoms with E-state index < -0.39 is 0 Å². The molecule has 0 aliphatic rings. The van der Waals surface area contributed by atoms with E-state index in [4.69, 9.17) is 5.26 Å². The third kappa shape index (κ3) is 2.58. The van der Waals surface area contributed by atoms with Crippen molar-refractivity contribution >= 4 is 11.5 Å². The summed E-state index contributed by atoms with van der Waals surface area (Å²) in [4.78, 5) is 16.6. The zero-order chi connectivity index (χ0) is 13.0. The van der Waals surface area contributed by atoms with E-state index in [0.29, 0.717) is 17.8 Å². The summed E-state index contributed by atoms with van der Waals surface area (Å²) in [5.74, 6) is 0.0341. The number of Topliss-reactive ketones (excluding diaryl/α,β-unsaturated/α-hetero) is 1. The molecule has 2 aromatic rings. The zero-order valence-corrected chi connectivity index (χ0v) is 10.1. The minimum absolute atomic E-state index is 0.0341. The van der Waals surface area contributed by atoms with Gasteiger partial charge in [0.1, 0.15) is 0 Å². The third-order valence-corrected chi connectivity index (χ3v) is 2.72. The Labute approximate surface area is 105 Å². The summed E-state index contributed by atoms with van der Waals surface area (Å²) in [6, 6.07) is 12.8. The third-order valence-electron chi connectivity index (χ3n) is 2.72. The minimum atomic E-state index is 0.0341. The van der Waals surface area contributed by atoms with E-state index in [1.807, 2.05) is 24.1 Å². The first-order valence-corrected chi connectivity index (χ1v) is 5.58. The van der Waals surface area contributed by atoms with Crippen LogP contribution in [0.5, 0.6) is 0 Å². The smallest absolute Gasteiger partial charge is 0.198 e. The second kappa shape index (κ2) is 5.19. The van der Waals surface area contributed by atoms with Gasteiger partial charge in [0.25, 0.3) is 0 Å². The topological polar surface area (TPSA) is 59.9 Å². The van der Waals surface area contributed by atoms with Crippen LogP contribution in [0.4, 0.5) is 5.69 Å². The fourth-order valence-electron chi connectivity index (χ4n) is 1.69. The lowest BCUT2D eigenvalue weighted by atomic mass is 10.2. The predicted octanol–water partition coefficient (Wildman–Crippen LogP) is 2.21. The first-order chi connectivity index (χ1) is 8.70. The van der Waals surface area contributed by atoms with Crippen molar-refractivity contribution in [3.05, 3.63) is 53.9 Å². The van der Waals surface area contributed by atoms with Gasteiger partial charge in [-0.05, 0) is 36.4 Å². The monoisotopic (exact) mass is 239 g/mol. The number of ketones is 1. The SMILES string of the molecule is CN(CC(=O)c1ccc[nH]1)c1ccc(C#N)cc1. The highest BCUT2D eigenvalue weighted by Crippen LogP contribution is 2.13. The van der Waals surface area contributed by atoms with Gasteiger partial charge >= 0.3 is 0 Å². The fraction of sp³-hybridized carbons (Fsp3) is 0.143. The summed E-state index contributed by atoms with van der Waals surface area (Å²) >= 11 is 0. The Balaban J connectivity index is 2.05. The average Bonchev–Trinajstić information content (AvgIpc) is 2.92. The molecule has 0 radical (unpaired) electrons. The summed E-state index contributed by atoms with van der Waals surface area (Å²) in [6.45, 7) is 0.298. The second-order valence-corrected chi connectivity index (χ2v) is 4.02. The molecule has 0 spiro atoms. The number of anilines is 1. The van der Waals surface area contributed by atoms with Crippen molar-refractivity contribution in [3.63, 3.8) is 0 Å². The maximum atomic E-state index is 11.9. The van der Waals surface area contributed by atoms with Crippen LogP contribution in [0, 0.1) is 11.3 Å². The van der Waals surface area contributed by atoms with Crippen LogP contribution in [-0.4, -0.2) is 24.4 Å². The summed E-state index contributed by atoms with van der Waals surface area (Å²) in [5.41, 5.74) is 2.13. The Kier molecular flexibility index (Phi) is 3.44. The molecule has 0 unspecified atom stereocenters. The quantitative estimate of drug-likeness (QED) is 0.832. The highest BCUT2D eigenvalue weighted by atomic mass is 16.1. The molecule has 1 aromatic heterocycles. The normalized spacial score (nSPS) is 9.78. The van der Waals surface area contributed by atoms with Gasteiger partial charge in [-0.3, -0.25) is 4.79 Å². The molecule has 1 aromatic carbocycles. The van der Waals surface area contributed by atoms with Gasteiger partial charge < -0.3 is 9.88 Å². The van der Waals surface area contributed by atoms with Gasteiger partial charge in [-0.1, -0.05) is 0 Å². The molecule has 0 aliphatic carbocycles. The van der Waals surface area contributed by atoms with Crippen molar-refractivity contribution in [2.45, 2.75) is 0 Å². The van der Waals surface area contributed by atoms with Crippen molar-refractivity contribution in [1.82, 2.24) is 4.98 Å². The Hall–Kier alpha value is -2.54. The van der Waals surface area contributed by atoms with Crippen LogP contribution in [0.2, 0.25) is 0 Å². The average molecular weight is 239 g/mol. The predicted molar refractivity (Wildman–Crippen MR) is 69.6 cm³/mol. The van der Waals surface area contributed by atoms with Crippen LogP contribution in [0.3, 0.4) is 0 Å². The summed E-state index contributed by atoms with van der Waals surface area (Å²) in [7, 11) is 1.85. The van der Waals surface area contributed by atoms with Crippen LogP contribution in [-0.2, 0) is 0 Å². The van der Waals surface area contributed by atoms with E-state index in [9.17, 15) is 4.79 Å². The largest absolute Gasteiger partial charge is 0.367 e. The van der Waals surface area contributed by atoms with E-state index in [0.717, 1.165) is 5.69 Å². The Morgan fingerprint density at radius 2 is 2.06 bits per heavy atom. The molecule has 0 saturated carbocycles. The highest BCUT2D eigenvalue weighted by molar-refractivity contribution is 5.97. The number of carbonyl (C=O) groups excluding carboxylic acids is 1. The number of hydrogen-bond acceptors (Lipinski definition) is 3. The number of hydrogen-bond donors (Lipinski definition) is 1. The zero-order valence-electron chi connectivity index (χ0n) is 10.1. The van der Waals surface area contributed by atoms with E-state index in [-0.39, 0.29) is 5.78 Å². The number of nitrogens with one attached hydrogen (secondary N) is 1. The first kappa shape index (κ1) is 11.9. The standard InChI is InChI=1S/C14H13N3O/c1-17(10-14(18)13-3-2-8-16-13)12-6-4-11(9-15)5-7-12/h2-8,16H,10H2,1H3. The van der Waals surface area contributed by atoms with Crippen molar-refractivity contribution in [1.29, 1.82) is 5.26 Å². The molecular formula is C14H13N3O. The summed E-state index contributed by atoms with van der Waals surface area (Å²) in [5, 5.41) is 8.72. The van der Waals surface area contributed by atoms with E-state index in [1.165, 1.54) is 0 Å². The number of carbonyl (C=O) groups is 1. The molecule has 0 aliphatic heterocycles. The first-order valence-electron chi connectivity index (χ1n) is 5.58. The molecule has 18 heavy (non-hydrogen) atoms. The fourth-order valence-corrected chi connectivity index (χ4v) is 1.69. The lowest BCUT2D eigenvalue weighted by Gasteiger charge is -2.17. The molecule has 1 heterocycles. The molecule has 0 amide bonds. The van der Waals surface area contributed by atoms with Crippen LogP contribution in [0.15, 0.2) is 42.6 Å². The van der Waals surface area contributed by atoms with Crippen molar-refractivity contribution in [2.24, 2.45) is 0 Å². The van der Waals surface area contributed by atoms with Gasteiger partial charge in [0.05, 0.1) is 23.9 Å². The number of H-pyrrole nitrogens is 1. The molecule has 1 N–H and O–H groups in total. The number of likely N-dealkylation sites (N-methyl/N-ethyl adjacent to an activating group) is 1. The second-order valence-electron chi connectivity index (χ2n) is 4.02. The Bertz CT molecular complexity index is 564. The van der Waals surface area contributed by atoms with E-state index in [1.54, 1.807) is 30.5 Å². The molecular weight excluding hydrogens is 226 g/mol. The highest BCUT2D eigenvalue weighted by Gasteiger charge is 2.10. The number of aromatic nitrogens is 1. The van der Waals surface area contributed by atoms with Crippen LogP contribution >= 0.6 is 0 Å². The number of nitriles is 1. The summed E-state index contributed by atoms with van der Waals surface area (Å²) < 4.78 is 0. The van der Waals surface area contributed by atoms with Crippen LogP contribution < -0.4 is 4.90 Å². The summed E-state index contributed by atoms with van der Waals surface area (Å²) in [6.07, 6.45) is 1.73. The van der Waals surface area contributed by atoms with Gasteiger partial charge in [0.15, 0.2) is 5.78 Å². The molecule has 90 valence electrons. The molecule has 0 atom stereocenters. The Morgan fingerprint density at radius 3 is 2.61 bits per heavy atom. The van der Waals surface area contributed by atoms with Gasteiger partial charge in [-0.25, -0.2) is 0 Å². The number of nitrogens with zero attached hydrogens (tertiary/aromatic N) is 2. The van der Waals surface area contributed by atoms with Gasteiger partial charge in [0, 0.05) is 18.9 Å². The van der Waals surface area contributed by atoms with Crippen molar-refractivity contribution in [2.75, 3.05) is 18.5 Å². The maximum absolute atomic E-state index is 11.9. The van der Waals surface area contributed by atoms with Crippen molar-refractivity contribution < 1.29 is 4.79 Å². The molecule has 0 bridgehead atoms. The van der Waals surface area contributed by atoms with E-state index >= 15 is 0 Å². The van der Waals surface area contributed by atoms with Crippen LogP contribution in [0.1, 0.15) is 16.1 Å². The lowest BCUT2D eigenvalue weighted by Crippen LogP contribution is -2.25. The van der Waals surface area contributed by atoms with Gasteiger partial charge in [0.2, 0.25) is 0 Å². The maximum Gasteiger partial charge on any atom is 0.198 e.